The predicted octanol–water partition coefficient (Wildman–Crippen LogP) is 2.49. The maximum Gasteiger partial charge on any atom is 0.240 e. The van der Waals surface area contributed by atoms with Gasteiger partial charge < -0.3 is 19.5 Å². The van der Waals surface area contributed by atoms with Crippen LogP contribution in [0.5, 0.6) is 11.8 Å². The minimum Gasteiger partial charge on any atom is -0.481 e. The van der Waals surface area contributed by atoms with Crippen molar-refractivity contribution in [1.29, 1.82) is 0 Å². The number of benzene rings is 1. The molecule has 1 saturated carbocycles. The first-order chi connectivity index (χ1) is 15.5. The van der Waals surface area contributed by atoms with Crippen LogP contribution in [0.2, 0.25) is 0 Å². The Balaban J connectivity index is 1.27. The molecule has 3 aromatic rings. The Bertz CT molecular complexity index is 1240. The van der Waals surface area contributed by atoms with E-state index < -0.39 is 10.0 Å². The Morgan fingerprint density at radius 3 is 2.69 bits per heavy atom. The number of rotatable bonds is 9. The fraction of sp³-hybridized carbons (Fsp3) is 0.429. The molecule has 2 unspecified atom stereocenters. The molecule has 0 bridgehead atoms. The number of sulfonamides is 1. The molecule has 2 atom stereocenters. The molecule has 3 heterocycles. The number of hydrogen-bond donors (Lipinski definition) is 2. The molecule has 1 aromatic carbocycles. The third kappa shape index (κ3) is 4.13. The van der Waals surface area contributed by atoms with Crippen LogP contribution in [0.3, 0.4) is 0 Å². The van der Waals surface area contributed by atoms with E-state index in [1.165, 1.54) is 25.6 Å². The van der Waals surface area contributed by atoms with Gasteiger partial charge in [0.05, 0.1) is 42.5 Å². The molecule has 1 saturated heterocycles. The first kappa shape index (κ1) is 21.4. The van der Waals surface area contributed by atoms with Gasteiger partial charge in [-0.25, -0.2) is 18.1 Å². The van der Waals surface area contributed by atoms with Gasteiger partial charge in [0.1, 0.15) is 0 Å². The van der Waals surface area contributed by atoms with E-state index in [1.807, 2.05) is 0 Å². The van der Waals surface area contributed by atoms with Gasteiger partial charge in [-0.05, 0) is 42.0 Å². The number of nitrogens with one attached hydrogen (secondary N) is 2. The number of fused-ring (bicyclic) bond motifs is 2. The van der Waals surface area contributed by atoms with Crippen LogP contribution in [0.15, 0.2) is 35.2 Å². The smallest absolute Gasteiger partial charge is 0.240 e. The van der Waals surface area contributed by atoms with Crippen molar-refractivity contribution < 1.29 is 22.6 Å². The second kappa shape index (κ2) is 8.47. The lowest BCUT2D eigenvalue weighted by atomic mass is 10.3. The first-order valence-corrected chi connectivity index (χ1v) is 12.6. The van der Waals surface area contributed by atoms with Gasteiger partial charge in [-0.3, -0.25) is 0 Å². The molecule has 0 spiro atoms. The van der Waals surface area contributed by atoms with Crippen LogP contribution in [0.4, 0.5) is 5.13 Å². The molecule has 32 heavy (non-hydrogen) atoms. The SMILES string of the molecule is COc1ccc(CNS(=O)(=O)c2ccc3nc(NCC4C5COCC45)sc3c2)c(OC)n1. The second-order valence-corrected chi connectivity index (χ2v) is 10.7. The van der Waals surface area contributed by atoms with Crippen molar-refractivity contribution >= 4 is 36.7 Å². The van der Waals surface area contributed by atoms with Crippen molar-refractivity contribution in [1.82, 2.24) is 14.7 Å². The number of thiazole rings is 1. The quantitative estimate of drug-likeness (QED) is 0.485. The molecule has 2 aliphatic rings. The summed E-state index contributed by atoms with van der Waals surface area (Å²) in [5, 5.41) is 4.22. The van der Waals surface area contributed by atoms with Gasteiger partial charge in [-0.15, -0.1) is 0 Å². The van der Waals surface area contributed by atoms with Gasteiger partial charge in [-0.2, -0.15) is 4.98 Å². The average Bonchev–Trinajstić information content (AvgIpc) is 3.13. The van der Waals surface area contributed by atoms with Crippen LogP contribution in [0, 0.1) is 17.8 Å². The van der Waals surface area contributed by atoms with Crippen molar-refractivity contribution in [2.24, 2.45) is 17.8 Å². The molecule has 1 aliphatic carbocycles. The van der Waals surface area contributed by atoms with Crippen LogP contribution >= 0.6 is 11.3 Å². The molecule has 2 fully saturated rings. The van der Waals surface area contributed by atoms with Crippen molar-refractivity contribution in [3.8, 4) is 11.8 Å². The standard InChI is InChI=1S/C21H24N4O5S2/c1-28-19-6-3-12(20(25-19)29-2)8-23-32(26,27)13-4-5-17-18(7-13)31-21(24-17)22-9-14-15-10-30-11-16(14)15/h3-7,14-16,23H,8-11H2,1-2H3,(H,22,24). The van der Waals surface area contributed by atoms with Gasteiger partial charge in [0.25, 0.3) is 0 Å². The number of anilines is 1. The van der Waals surface area contributed by atoms with E-state index in [0.717, 1.165) is 35.1 Å². The third-order valence-corrected chi connectivity index (χ3v) is 8.43. The highest BCUT2D eigenvalue weighted by Gasteiger charge is 2.53. The highest BCUT2D eigenvalue weighted by Crippen LogP contribution is 2.50. The summed E-state index contributed by atoms with van der Waals surface area (Å²) in [5.74, 6) is 2.72. The van der Waals surface area contributed by atoms with Gasteiger partial charge in [0.2, 0.25) is 21.8 Å². The molecular formula is C21H24N4O5S2. The Morgan fingerprint density at radius 2 is 1.94 bits per heavy atom. The summed E-state index contributed by atoms with van der Waals surface area (Å²) >= 11 is 1.46. The van der Waals surface area contributed by atoms with Gasteiger partial charge in [-0.1, -0.05) is 11.3 Å². The summed E-state index contributed by atoms with van der Waals surface area (Å²) in [7, 11) is -0.742. The van der Waals surface area contributed by atoms with Crippen molar-refractivity contribution in [2.45, 2.75) is 11.4 Å². The fourth-order valence-electron chi connectivity index (χ4n) is 4.15. The lowest BCUT2D eigenvalue weighted by Crippen LogP contribution is -2.23. The number of aromatic nitrogens is 2. The zero-order chi connectivity index (χ0) is 22.3. The molecule has 11 heteroatoms. The number of hydrogen-bond acceptors (Lipinski definition) is 9. The summed E-state index contributed by atoms with van der Waals surface area (Å²) < 4.78 is 44.9. The fourth-order valence-corrected chi connectivity index (χ4v) is 6.17. The molecule has 170 valence electrons. The minimum absolute atomic E-state index is 0.0451. The van der Waals surface area contributed by atoms with E-state index in [4.69, 9.17) is 14.2 Å². The largest absolute Gasteiger partial charge is 0.481 e. The molecule has 5 rings (SSSR count). The zero-order valence-corrected chi connectivity index (χ0v) is 19.3. The van der Waals surface area contributed by atoms with Crippen molar-refractivity contribution in [3.63, 3.8) is 0 Å². The summed E-state index contributed by atoms with van der Waals surface area (Å²) in [4.78, 5) is 8.96. The van der Waals surface area contributed by atoms with Crippen LogP contribution < -0.4 is 19.5 Å². The third-order valence-electron chi connectivity index (χ3n) is 6.06. The van der Waals surface area contributed by atoms with Crippen LogP contribution in [0.25, 0.3) is 10.2 Å². The van der Waals surface area contributed by atoms with E-state index in [2.05, 4.69) is 20.0 Å². The maximum atomic E-state index is 12.9. The molecule has 2 N–H and O–H groups in total. The Hall–Kier alpha value is -2.47. The zero-order valence-electron chi connectivity index (χ0n) is 17.7. The molecule has 1 aliphatic heterocycles. The summed E-state index contributed by atoms with van der Waals surface area (Å²) in [6.45, 7) is 2.65. The molecule has 0 radical (unpaired) electrons. The van der Waals surface area contributed by atoms with E-state index in [1.54, 1.807) is 30.3 Å². The van der Waals surface area contributed by atoms with Crippen LogP contribution in [-0.4, -0.2) is 52.4 Å². The summed E-state index contributed by atoms with van der Waals surface area (Å²) in [6, 6.07) is 8.34. The summed E-state index contributed by atoms with van der Waals surface area (Å²) in [6.07, 6.45) is 0. The van der Waals surface area contributed by atoms with E-state index in [9.17, 15) is 8.42 Å². The lowest BCUT2D eigenvalue weighted by Gasteiger charge is -2.10. The minimum atomic E-state index is -3.73. The monoisotopic (exact) mass is 476 g/mol. The van der Waals surface area contributed by atoms with E-state index in [0.29, 0.717) is 35.1 Å². The van der Waals surface area contributed by atoms with E-state index >= 15 is 0 Å². The van der Waals surface area contributed by atoms with Crippen LogP contribution in [-0.2, 0) is 21.3 Å². The van der Waals surface area contributed by atoms with Crippen molar-refractivity contribution in [2.75, 3.05) is 39.3 Å². The topological polar surface area (TPSA) is 112 Å². The maximum absolute atomic E-state index is 12.9. The van der Waals surface area contributed by atoms with E-state index in [-0.39, 0.29) is 11.4 Å². The highest BCUT2D eigenvalue weighted by molar-refractivity contribution is 7.89. The van der Waals surface area contributed by atoms with Gasteiger partial charge in [0.15, 0.2) is 5.13 Å². The molecule has 2 aromatic heterocycles. The Labute approximate surface area is 190 Å². The van der Waals surface area contributed by atoms with Gasteiger partial charge >= 0.3 is 0 Å². The Kier molecular flexibility index (Phi) is 5.66. The predicted molar refractivity (Wildman–Crippen MR) is 121 cm³/mol. The number of ether oxygens (including phenoxy) is 3. The lowest BCUT2D eigenvalue weighted by molar-refractivity contribution is 0.153. The highest BCUT2D eigenvalue weighted by atomic mass is 32.2. The second-order valence-electron chi connectivity index (χ2n) is 7.91. The number of methoxy groups -OCH3 is 2. The number of pyridine rings is 1. The van der Waals surface area contributed by atoms with Crippen LogP contribution in [0.1, 0.15) is 5.56 Å². The molecule has 0 amide bonds. The Morgan fingerprint density at radius 1 is 1.12 bits per heavy atom. The molecule has 9 nitrogen and oxygen atoms in total. The normalized spacial score (nSPS) is 22.0. The number of nitrogens with zero attached hydrogens (tertiary/aromatic N) is 2. The summed E-state index contributed by atoms with van der Waals surface area (Å²) in [5.41, 5.74) is 1.38. The van der Waals surface area contributed by atoms with Gasteiger partial charge in [0, 0.05) is 24.7 Å². The first-order valence-electron chi connectivity index (χ1n) is 10.3. The molecular weight excluding hydrogens is 452 g/mol. The average molecular weight is 477 g/mol. The van der Waals surface area contributed by atoms with Crippen molar-refractivity contribution in [3.05, 3.63) is 35.9 Å².